The Morgan fingerprint density at radius 2 is 2.21 bits per heavy atom. The lowest BCUT2D eigenvalue weighted by atomic mass is 10.0. The van der Waals surface area contributed by atoms with E-state index in [0.717, 1.165) is 49.6 Å². The Hall–Kier alpha value is -1.46. The van der Waals surface area contributed by atoms with E-state index in [1.807, 2.05) is 12.1 Å². The first-order chi connectivity index (χ1) is 9.38. The van der Waals surface area contributed by atoms with Gasteiger partial charge in [-0.25, -0.2) is 9.97 Å². The van der Waals surface area contributed by atoms with Crippen LogP contribution in [-0.4, -0.2) is 39.5 Å². The standard InChI is InChI=1S/C14H19N3O2/c18-7-3-13-16-12-2-1-6-15-14(12)17(13)10-11-4-8-19-9-5-11/h1-2,6,11,18H,3-5,7-10H2. The van der Waals surface area contributed by atoms with Gasteiger partial charge in [0.2, 0.25) is 0 Å². The Morgan fingerprint density at radius 1 is 1.37 bits per heavy atom. The van der Waals surface area contributed by atoms with Gasteiger partial charge in [-0.2, -0.15) is 0 Å². The number of nitrogens with zero attached hydrogens (tertiary/aromatic N) is 3. The summed E-state index contributed by atoms with van der Waals surface area (Å²) in [5, 5.41) is 9.18. The van der Waals surface area contributed by atoms with Gasteiger partial charge in [0.25, 0.3) is 0 Å². The fraction of sp³-hybridized carbons (Fsp3) is 0.571. The minimum absolute atomic E-state index is 0.122. The molecule has 0 spiro atoms. The molecule has 1 saturated heterocycles. The van der Waals surface area contributed by atoms with Crippen molar-refractivity contribution in [2.75, 3.05) is 19.8 Å². The summed E-state index contributed by atoms with van der Waals surface area (Å²) in [5.74, 6) is 1.55. The Labute approximate surface area is 112 Å². The van der Waals surface area contributed by atoms with Crippen molar-refractivity contribution in [3.8, 4) is 0 Å². The highest BCUT2D eigenvalue weighted by molar-refractivity contribution is 5.71. The summed E-state index contributed by atoms with van der Waals surface area (Å²) in [7, 11) is 0. The van der Waals surface area contributed by atoms with Gasteiger partial charge in [-0.3, -0.25) is 0 Å². The molecule has 5 heteroatoms. The zero-order valence-electron chi connectivity index (χ0n) is 11.0. The van der Waals surface area contributed by atoms with Crippen molar-refractivity contribution in [3.05, 3.63) is 24.2 Å². The molecule has 19 heavy (non-hydrogen) atoms. The number of aromatic nitrogens is 3. The van der Waals surface area contributed by atoms with E-state index < -0.39 is 0 Å². The van der Waals surface area contributed by atoms with Crippen LogP contribution in [0.4, 0.5) is 0 Å². The molecule has 0 amide bonds. The molecule has 2 aromatic heterocycles. The number of ether oxygens (including phenoxy) is 1. The molecule has 0 saturated carbocycles. The summed E-state index contributed by atoms with van der Waals surface area (Å²) < 4.78 is 7.57. The van der Waals surface area contributed by atoms with E-state index >= 15 is 0 Å². The maximum atomic E-state index is 9.18. The van der Waals surface area contributed by atoms with Gasteiger partial charge in [0, 0.05) is 32.4 Å². The summed E-state index contributed by atoms with van der Waals surface area (Å²) in [6.07, 6.45) is 4.56. The lowest BCUT2D eigenvalue weighted by Crippen LogP contribution is -2.21. The molecule has 0 unspecified atom stereocenters. The van der Waals surface area contributed by atoms with Crippen LogP contribution in [0, 0.1) is 5.92 Å². The number of rotatable bonds is 4. The van der Waals surface area contributed by atoms with E-state index in [9.17, 15) is 5.11 Å². The fourth-order valence-corrected chi connectivity index (χ4v) is 2.68. The van der Waals surface area contributed by atoms with Gasteiger partial charge in [-0.15, -0.1) is 0 Å². The van der Waals surface area contributed by atoms with Crippen LogP contribution in [-0.2, 0) is 17.7 Å². The van der Waals surface area contributed by atoms with Crippen LogP contribution in [0.25, 0.3) is 11.2 Å². The SMILES string of the molecule is OCCc1nc2cccnc2n1CC1CCOCC1. The highest BCUT2D eigenvalue weighted by atomic mass is 16.5. The van der Waals surface area contributed by atoms with Crippen LogP contribution < -0.4 is 0 Å². The van der Waals surface area contributed by atoms with E-state index in [0.29, 0.717) is 12.3 Å². The van der Waals surface area contributed by atoms with Crippen LogP contribution in [0.15, 0.2) is 18.3 Å². The highest BCUT2D eigenvalue weighted by Gasteiger charge is 2.18. The number of aliphatic hydroxyl groups excluding tert-OH is 1. The second kappa shape index (κ2) is 5.67. The summed E-state index contributed by atoms with van der Waals surface area (Å²) in [5.41, 5.74) is 1.84. The molecular weight excluding hydrogens is 242 g/mol. The Bertz CT molecular complexity index is 547. The number of aliphatic hydroxyl groups is 1. The minimum atomic E-state index is 0.122. The first-order valence-electron chi connectivity index (χ1n) is 6.87. The Kier molecular flexibility index (Phi) is 3.75. The lowest BCUT2D eigenvalue weighted by molar-refractivity contribution is 0.0612. The summed E-state index contributed by atoms with van der Waals surface area (Å²) >= 11 is 0. The van der Waals surface area contributed by atoms with E-state index in [1.165, 1.54) is 0 Å². The van der Waals surface area contributed by atoms with Crippen molar-refractivity contribution in [2.24, 2.45) is 5.92 Å². The summed E-state index contributed by atoms with van der Waals surface area (Å²) in [6, 6.07) is 3.88. The first kappa shape index (κ1) is 12.6. The topological polar surface area (TPSA) is 60.2 Å². The molecule has 1 fully saturated rings. The van der Waals surface area contributed by atoms with E-state index in [1.54, 1.807) is 6.20 Å². The lowest BCUT2D eigenvalue weighted by Gasteiger charge is -2.23. The third kappa shape index (κ3) is 2.62. The fourth-order valence-electron chi connectivity index (χ4n) is 2.68. The predicted molar refractivity (Wildman–Crippen MR) is 71.9 cm³/mol. The van der Waals surface area contributed by atoms with Gasteiger partial charge in [-0.05, 0) is 30.9 Å². The van der Waals surface area contributed by atoms with E-state index in [4.69, 9.17) is 4.74 Å². The van der Waals surface area contributed by atoms with Gasteiger partial charge in [0.1, 0.15) is 11.3 Å². The van der Waals surface area contributed by atoms with Crippen molar-refractivity contribution >= 4 is 11.2 Å². The summed E-state index contributed by atoms with van der Waals surface area (Å²) in [4.78, 5) is 9.01. The van der Waals surface area contributed by atoms with Crippen molar-refractivity contribution < 1.29 is 9.84 Å². The Morgan fingerprint density at radius 3 is 3.00 bits per heavy atom. The zero-order chi connectivity index (χ0) is 13.1. The van der Waals surface area contributed by atoms with Crippen molar-refractivity contribution in [2.45, 2.75) is 25.8 Å². The Balaban J connectivity index is 1.92. The van der Waals surface area contributed by atoms with Gasteiger partial charge >= 0.3 is 0 Å². The van der Waals surface area contributed by atoms with Crippen LogP contribution in [0.5, 0.6) is 0 Å². The molecule has 5 nitrogen and oxygen atoms in total. The first-order valence-corrected chi connectivity index (χ1v) is 6.87. The maximum Gasteiger partial charge on any atom is 0.159 e. The van der Waals surface area contributed by atoms with Gasteiger partial charge in [0.15, 0.2) is 5.65 Å². The number of hydrogen-bond acceptors (Lipinski definition) is 4. The molecule has 3 rings (SSSR count). The molecule has 3 heterocycles. The molecule has 102 valence electrons. The van der Waals surface area contributed by atoms with Gasteiger partial charge in [0.05, 0.1) is 6.61 Å². The van der Waals surface area contributed by atoms with Crippen LogP contribution in [0.2, 0.25) is 0 Å². The molecule has 1 aliphatic rings. The minimum Gasteiger partial charge on any atom is -0.396 e. The second-order valence-corrected chi connectivity index (χ2v) is 5.01. The highest BCUT2D eigenvalue weighted by Crippen LogP contribution is 2.21. The molecular formula is C14H19N3O2. The molecule has 2 aromatic rings. The van der Waals surface area contributed by atoms with Gasteiger partial charge in [-0.1, -0.05) is 0 Å². The maximum absolute atomic E-state index is 9.18. The van der Waals surface area contributed by atoms with Crippen LogP contribution in [0.3, 0.4) is 0 Å². The third-order valence-corrected chi connectivity index (χ3v) is 3.70. The number of hydrogen-bond donors (Lipinski definition) is 1. The average Bonchev–Trinajstić information content (AvgIpc) is 2.79. The predicted octanol–water partition coefficient (Wildman–Crippen LogP) is 1.39. The second-order valence-electron chi connectivity index (χ2n) is 5.01. The van der Waals surface area contributed by atoms with Crippen LogP contribution in [0.1, 0.15) is 18.7 Å². The van der Waals surface area contributed by atoms with Gasteiger partial charge < -0.3 is 14.4 Å². The van der Waals surface area contributed by atoms with E-state index in [-0.39, 0.29) is 6.61 Å². The number of imidazole rings is 1. The molecule has 1 aliphatic heterocycles. The number of pyridine rings is 1. The van der Waals surface area contributed by atoms with Crippen molar-refractivity contribution in [3.63, 3.8) is 0 Å². The quantitative estimate of drug-likeness (QED) is 0.903. The normalized spacial score (nSPS) is 17.1. The zero-order valence-corrected chi connectivity index (χ0v) is 11.0. The molecule has 0 aliphatic carbocycles. The third-order valence-electron chi connectivity index (χ3n) is 3.70. The monoisotopic (exact) mass is 261 g/mol. The van der Waals surface area contributed by atoms with Crippen molar-refractivity contribution in [1.29, 1.82) is 0 Å². The molecule has 0 aromatic carbocycles. The van der Waals surface area contributed by atoms with E-state index in [2.05, 4.69) is 14.5 Å². The molecule has 0 radical (unpaired) electrons. The molecule has 0 bridgehead atoms. The smallest absolute Gasteiger partial charge is 0.159 e. The molecule has 0 atom stereocenters. The van der Waals surface area contributed by atoms with Crippen LogP contribution >= 0.6 is 0 Å². The summed E-state index contributed by atoms with van der Waals surface area (Å²) in [6.45, 7) is 2.74. The van der Waals surface area contributed by atoms with Crippen molar-refractivity contribution in [1.82, 2.24) is 14.5 Å². The average molecular weight is 261 g/mol. The number of fused-ring (bicyclic) bond motifs is 1. The largest absolute Gasteiger partial charge is 0.396 e. The molecule has 1 N–H and O–H groups in total.